The van der Waals surface area contributed by atoms with Crippen LogP contribution < -0.4 is 9.80 Å². The van der Waals surface area contributed by atoms with Gasteiger partial charge in [0.25, 0.3) is 0 Å². The minimum atomic E-state index is -0.888. The van der Waals surface area contributed by atoms with Crippen molar-refractivity contribution >= 4 is 22.6 Å². The van der Waals surface area contributed by atoms with Crippen LogP contribution in [0.1, 0.15) is 45.2 Å². The van der Waals surface area contributed by atoms with E-state index in [-0.39, 0.29) is 0 Å². The van der Waals surface area contributed by atoms with Crippen molar-refractivity contribution in [2.24, 2.45) is 0 Å². The van der Waals surface area contributed by atoms with Crippen molar-refractivity contribution in [3.8, 4) is 0 Å². The Labute approximate surface area is 205 Å². The van der Waals surface area contributed by atoms with Gasteiger partial charge in [-0.25, -0.2) is 4.79 Å². The van der Waals surface area contributed by atoms with E-state index in [1.165, 1.54) is 28.1 Å². The van der Waals surface area contributed by atoms with E-state index >= 15 is 0 Å². The Hall–Kier alpha value is -3.70. The lowest BCUT2D eigenvalue weighted by Gasteiger charge is -2.39. The van der Waals surface area contributed by atoms with Crippen LogP contribution in [0.25, 0.3) is 10.9 Å². The average molecular weight is 465 g/mol. The van der Waals surface area contributed by atoms with Crippen LogP contribution >= 0.6 is 0 Å². The summed E-state index contributed by atoms with van der Waals surface area (Å²) in [7, 11) is 0. The number of nitrogens with one attached hydrogen (secondary N) is 1. The van der Waals surface area contributed by atoms with Crippen molar-refractivity contribution in [2.45, 2.75) is 25.3 Å². The zero-order valence-corrected chi connectivity index (χ0v) is 19.8. The Morgan fingerprint density at radius 2 is 1.54 bits per heavy atom. The molecular formula is C30H30N3O2+. The normalized spacial score (nSPS) is 16.1. The van der Waals surface area contributed by atoms with E-state index in [1.807, 2.05) is 12.1 Å². The van der Waals surface area contributed by atoms with Crippen LogP contribution in [-0.2, 0) is 12.8 Å². The van der Waals surface area contributed by atoms with E-state index in [2.05, 4.69) is 65.6 Å². The first-order valence-electron chi connectivity index (χ1n) is 12.6. The number of anilines is 1. The highest BCUT2D eigenvalue weighted by Gasteiger charge is 2.32. The second-order valence-electron chi connectivity index (χ2n) is 9.68. The summed E-state index contributed by atoms with van der Waals surface area (Å²) in [5, 5.41) is 10.6. The molecule has 35 heavy (non-hydrogen) atoms. The van der Waals surface area contributed by atoms with Crippen LogP contribution in [0.2, 0.25) is 0 Å². The Bertz CT molecular complexity index is 1320. The van der Waals surface area contributed by atoms with Crippen LogP contribution in [0.4, 0.5) is 5.69 Å². The molecule has 4 aromatic rings. The highest BCUT2D eigenvalue weighted by molar-refractivity contribution is 5.99. The van der Waals surface area contributed by atoms with Crippen molar-refractivity contribution in [3.63, 3.8) is 0 Å². The fraction of sp³-hybridized carbons (Fsp3) is 0.267. The molecule has 5 nitrogen and oxygen atoms in total. The fourth-order valence-corrected chi connectivity index (χ4v) is 5.99. The molecule has 0 spiro atoms. The maximum absolute atomic E-state index is 11.7. The summed E-state index contributed by atoms with van der Waals surface area (Å²) < 4.78 is 0. The van der Waals surface area contributed by atoms with Crippen molar-refractivity contribution in [3.05, 3.63) is 107 Å². The zero-order valence-electron chi connectivity index (χ0n) is 19.8. The average Bonchev–Trinajstić information content (AvgIpc) is 3.37. The highest BCUT2D eigenvalue weighted by Crippen LogP contribution is 2.37. The summed E-state index contributed by atoms with van der Waals surface area (Å²) in [4.78, 5) is 20.7. The Morgan fingerprint density at radius 3 is 2.17 bits per heavy atom. The van der Waals surface area contributed by atoms with Gasteiger partial charge in [0.05, 0.1) is 42.9 Å². The number of rotatable bonds is 5. The monoisotopic (exact) mass is 464 g/mol. The second kappa shape index (κ2) is 9.16. The van der Waals surface area contributed by atoms with Gasteiger partial charge in [-0.15, -0.1) is 0 Å². The van der Waals surface area contributed by atoms with Gasteiger partial charge in [0.15, 0.2) is 0 Å². The predicted octanol–water partition coefficient (Wildman–Crippen LogP) is 3.92. The van der Waals surface area contributed by atoms with E-state index in [9.17, 15) is 9.90 Å². The van der Waals surface area contributed by atoms with Crippen LogP contribution in [-0.4, -0.2) is 42.2 Å². The van der Waals surface area contributed by atoms with Crippen LogP contribution in [0.3, 0.4) is 0 Å². The number of fused-ring (bicyclic) bond motifs is 2. The van der Waals surface area contributed by atoms with E-state index in [0.717, 1.165) is 56.3 Å². The minimum absolute atomic E-state index is 0.304. The molecule has 1 fully saturated rings. The summed E-state index contributed by atoms with van der Waals surface area (Å²) in [5.74, 6) is -0.888. The number of carboxylic acid groups (broad SMARTS) is 1. The number of nitrogens with zero attached hydrogens (tertiary/aromatic N) is 2. The van der Waals surface area contributed by atoms with Gasteiger partial charge in [-0.3, -0.25) is 4.98 Å². The summed E-state index contributed by atoms with van der Waals surface area (Å²) in [5.41, 5.74) is 7.68. The summed E-state index contributed by atoms with van der Waals surface area (Å²) in [6.07, 6.45) is 3.15. The number of carbonyl (C=O) groups is 1. The number of quaternary nitrogens is 1. The highest BCUT2D eigenvalue weighted by atomic mass is 16.4. The molecule has 6 rings (SSSR count). The molecular weight excluding hydrogens is 434 g/mol. The van der Waals surface area contributed by atoms with E-state index in [1.54, 1.807) is 11.0 Å². The Kier molecular flexibility index (Phi) is 5.71. The molecule has 5 heteroatoms. The van der Waals surface area contributed by atoms with Gasteiger partial charge >= 0.3 is 5.97 Å². The van der Waals surface area contributed by atoms with E-state index in [0.29, 0.717) is 11.6 Å². The zero-order chi connectivity index (χ0) is 23.8. The van der Waals surface area contributed by atoms with Gasteiger partial charge in [-0.2, -0.15) is 0 Å². The smallest absolute Gasteiger partial charge is 0.335 e. The van der Waals surface area contributed by atoms with Gasteiger partial charge in [-0.05, 0) is 43.0 Å². The van der Waals surface area contributed by atoms with Crippen LogP contribution in [0.15, 0.2) is 78.9 Å². The lowest BCUT2D eigenvalue weighted by atomic mass is 9.96. The van der Waals surface area contributed by atoms with Crippen molar-refractivity contribution in [2.75, 3.05) is 31.1 Å². The molecule has 0 atom stereocenters. The third-order valence-corrected chi connectivity index (χ3v) is 7.62. The molecule has 1 aromatic heterocycles. The minimum Gasteiger partial charge on any atom is -0.478 e. The van der Waals surface area contributed by atoms with Gasteiger partial charge in [-0.1, -0.05) is 60.7 Å². The number of hydrogen-bond acceptors (Lipinski definition) is 3. The topological polar surface area (TPSA) is 57.9 Å². The molecule has 0 saturated carbocycles. The van der Waals surface area contributed by atoms with Crippen molar-refractivity contribution in [1.82, 2.24) is 4.98 Å². The first kappa shape index (κ1) is 21.8. The first-order chi connectivity index (χ1) is 17.2. The number of aromatic carboxylic acids is 1. The molecule has 1 aliphatic carbocycles. The second-order valence-corrected chi connectivity index (χ2v) is 9.68. The molecule has 1 saturated heterocycles. The Balaban J connectivity index is 1.34. The molecule has 0 radical (unpaired) electrons. The SMILES string of the molecule is O=C(O)c1ccc2nc3c(c(N4CC[NH+](C(c5ccccc5)c5ccccc5)CC4)c2c1)CCC3. The standard InChI is InChI=1S/C30H29N3O2/c34-30(35)23-14-15-27-25(20-23)29(24-12-7-13-26(24)31-27)33-18-16-32(17-19-33)28(21-8-3-1-4-9-21)22-10-5-2-6-11-22/h1-6,8-11,14-15,20,28H,7,12-13,16-19H2,(H,34,35)/p+1. The van der Waals surface area contributed by atoms with Crippen molar-refractivity contribution < 1.29 is 14.8 Å². The van der Waals surface area contributed by atoms with Gasteiger partial charge < -0.3 is 14.9 Å². The molecule has 176 valence electrons. The largest absolute Gasteiger partial charge is 0.478 e. The lowest BCUT2D eigenvalue weighted by Crippen LogP contribution is -3.15. The lowest BCUT2D eigenvalue weighted by molar-refractivity contribution is -0.926. The number of aryl methyl sites for hydroxylation is 1. The molecule has 2 aliphatic rings. The van der Waals surface area contributed by atoms with Gasteiger partial charge in [0, 0.05) is 22.2 Å². The third-order valence-electron chi connectivity index (χ3n) is 7.62. The maximum atomic E-state index is 11.7. The van der Waals surface area contributed by atoms with Crippen molar-refractivity contribution in [1.29, 1.82) is 0 Å². The number of pyridine rings is 1. The summed E-state index contributed by atoms with van der Waals surface area (Å²) in [6.45, 7) is 3.92. The van der Waals surface area contributed by atoms with Crippen LogP contribution in [0.5, 0.6) is 0 Å². The quantitative estimate of drug-likeness (QED) is 0.470. The number of aromatic nitrogens is 1. The van der Waals surface area contributed by atoms with E-state index in [4.69, 9.17) is 4.98 Å². The number of carboxylic acids is 1. The molecule has 3 aromatic carbocycles. The summed E-state index contributed by atoms with van der Waals surface area (Å²) >= 11 is 0. The third kappa shape index (κ3) is 4.06. The predicted molar refractivity (Wildman–Crippen MR) is 138 cm³/mol. The maximum Gasteiger partial charge on any atom is 0.335 e. The summed E-state index contributed by atoms with van der Waals surface area (Å²) in [6, 6.07) is 27.4. The molecule has 0 bridgehead atoms. The number of benzene rings is 3. The molecule has 2 heterocycles. The van der Waals surface area contributed by atoms with Crippen LogP contribution in [0, 0.1) is 0 Å². The van der Waals surface area contributed by atoms with E-state index < -0.39 is 5.97 Å². The van der Waals surface area contributed by atoms with Gasteiger partial charge in [0.1, 0.15) is 6.04 Å². The molecule has 2 N–H and O–H groups in total. The first-order valence-corrected chi connectivity index (χ1v) is 12.6. The molecule has 0 unspecified atom stereocenters. The molecule has 0 amide bonds. The fourth-order valence-electron chi connectivity index (χ4n) is 5.99. The Morgan fingerprint density at radius 1 is 0.886 bits per heavy atom. The number of hydrogen-bond donors (Lipinski definition) is 2. The molecule has 1 aliphatic heterocycles. The number of piperazine rings is 1. The van der Waals surface area contributed by atoms with Gasteiger partial charge in [0.2, 0.25) is 0 Å².